The van der Waals surface area contributed by atoms with E-state index in [4.69, 9.17) is 0 Å². The molecule has 20 heavy (non-hydrogen) atoms. The van der Waals surface area contributed by atoms with Crippen LogP contribution in [0.5, 0.6) is 0 Å². The van der Waals surface area contributed by atoms with E-state index in [1.165, 1.54) is 18.5 Å². The molecule has 1 aliphatic rings. The number of piperidine rings is 1. The van der Waals surface area contributed by atoms with Gasteiger partial charge in [0, 0.05) is 44.0 Å². The van der Waals surface area contributed by atoms with Crippen molar-refractivity contribution in [2.24, 2.45) is 5.92 Å². The minimum Gasteiger partial charge on any atom is -0.367 e. The Hall–Kier alpha value is -2.11. The highest BCUT2D eigenvalue weighted by atomic mass is 16.2. The molecular weight excluding hydrogens is 258 g/mol. The van der Waals surface area contributed by atoms with Gasteiger partial charge in [-0.05, 0) is 19.8 Å². The average Bonchev–Trinajstić information content (AvgIpc) is 2.47. The van der Waals surface area contributed by atoms with Crippen LogP contribution >= 0.6 is 0 Å². The number of nitrogens with zero attached hydrogens (tertiary/aromatic N) is 1. The Labute approximate surface area is 117 Å². The van der Waals surface area contributed by atoms with Crippen LogP contribution in [0, 0.1) is 5.92 Å². The molecule has 0 atom stereocenters. The molecule has 1 aromatic heterocycles. The fraction of sp³-hybridized carbons (Fsp3) is 0.500. The number of likely N-dealkylation sites (tertiary alicyclic amines) is 1. The lowest BCUT2D eigenvalue weighted by atomic mass is 9.95. The quantitative estimate of drug-likeness (QED) is 0.837. The molecule has 0 aromatic carbocycles. The molecule has 6 heteroatoms. The fourth-order valence-electron chi connectivity index (χ4n) is 2.42. The largest absolute Gasteiger partial charge is 0.367 e. The summed E-state index contributed by atoms with van der Waals surface area (Å²) in [7, 11) is 0. The molecule has 0 bridgehead atoms. The first kappa shape index (κ1) is 14.3. The molecule has 6 nitrogen and oxygen atoms in total. The van der Waals surface area contributed by atoms with E-state index >= 15 is 0 Å². The standard InChI is InChI=1S/C14H19N3O3/c1-2-16-13(19)10-4-7-17(8-5-10)14(20)11-9-15-6-3-12(11)18/h3,6,9-10H,2,4-5,7-8H2,1H3,(H,15,18)(H,16,19). The van der Waals surface area contributed by atoms with E-state index in [2.05, 4.69) is 10.3 Å². The zero-order valence-electron chi connectivity index (χ0n) is 11.5. The summed E-state index contributed by atoms with van der Waals surface area (Å²) in [6, 6.07) is 1.34. The van der Waals surface area contributed by atoms with Crippen LogP contribution < -0.4 is 10.7 Å². The van der Waals surface area contributed by atoms with Gasteiger partial charge in [-0.3, -0.25) is 14.4 Å². The maximum atomic E-state index is 12.2. The molecule has 0 saturated carbocycles. The summed E-state index contributed by atoms with van der Waals surface area (Å²) in [6.45, 7) is 3.53. The van der Waals surface area contributed by atoms with Crippen LogP contribution in [0.1, 0.15) is 30.1 Å². The minimum absolute atomic E-state index is 0.0342. The van der Waals surface area contributed by atoms with Gasteiger partial charge < -0.3 is 15.2 Å². The number of rotatable bonds is 3. The minimum atomic E-state index is -0.278. The average molecular weight is 277 g/mol. The first-order chi connectivity index (χ1) is 9.63. The highest BCUT2D eigenvalue weighted by molar-refractivity contribution is 5.94. The van der Waals surface area contributed by atoms with Crippen LogP contribution in [0.3, 0.4) is 0 Å². The third-order valence-electron chi connectivity index (χ3n) is 3.56. The van der Waals surface area contributed by atoms with Crippen LogP contribution in [0.4, 0.5) is 0 Å². The lowest BCUT2D eigenvalue weighted by Crippen LogP contribution is -2.44. The topological polar surface area (TPSA) is 82.3 Å². The molecule has 0 unspecified atom stereocenters. The second-order valence-corrected chi connectivity index (χ2v) is 4.88. The van der Waals surface area contributed by atoms with Gasteiger partial charge in [-0.15, -0.1) is 0 Å². The van der Waals surface area contributed by atoms with Crippen molar-refractivity contribution < 1.29 is 9.59 Å². The molecular formula is C14H19N3O3. The number of nitrogens with one attached hydrogen (secondary N) is 2. The number of H-pyrrole nitrogens is 1. The monoisotopic (exact) mass is 277 g/mol. The second kappa shape index (κ2) is 6.36. The number of carbonyl (C=O) groups excluding carboxylic acids is 2. The van der Waals surface area contributed by atoms with Crippen molar-refractivity contribution in [3.8, 4) is 0 Å². The molecule has 0 aliphatic carbocycles. The van der Waals surface area contributed by atoms with E-state index in [1.807, 2.05) is 6.92 Å². The second-order valence-electron chi connectivity index (χ2n) is 4.88. The lowest BCUT2D eigenvalue weighted by Gasteiger charge is -2.31. The number of amides is 2. The van der Waals surface area contributed by atoms with Crippen LogP contribution in [-0.4, -0.2) is 41.3 Å². The molecule has 2 heterocycles. The molecule has 1 saturated heterocycles. The highest BCUT2D eigenvalue weighted by Gasteiger charge is 2.28. The van der Waals surface area contributed by atoms with Crippen molar-refractivity contribution in [2.75, 3.05) is 19.6 Å². The van der Waals surface area contributed by atoms with E-state index in [-0.39, 0.29) is 28.7 Å². The van der Waals surface area contributed by atoms with Crippen molar-refractivity contribution in [3.63, 3.8) is 0 Å². The van der Waals surface area contributed by atoms with Crippen molar-refractivity contribution in [3.05, 3.63) is 34.2 Å². The van der Waals surface area contributed by atoms with E-state index < -0.39 is 0 Å². The highest BCUT2D eigenvalue weighted by Crippen LogP contribution is 2.18. The van der Waals surface area contributed by atoms with Gasteiger partial charge in [0.15, 0.2) is 5.43 Å². The molecule has 2 amide bonds. The van der Waals surface area contributed by atoms with Crippen LogP contribution in [-0.2, 0) is 4.79 Å². The first-order valence-electron chi connectivity index (χ1n) is 6.87. The normalized spacial score (nSPS) is 15.9. The summed E-state index contributed by atoms with van der Waals surface area (Å²) in [6.07, 6.45) is 4.21. The number of pyridine rings is 1. The van der Waals surface area contributed by atoms with Crippen LogP contribution in [0.25, 0.3) is 0 Å². The molecule has 2 N–H and O–H groups in total. The number of aromatic amines is 1. The van der Waals surface area contributed by atoms with E-state index in [0.29, 0.717) is 32.5 Å². The summed E-state index contributed by atoms with van der Waals surface area (Å²) in [4.78, 5) is 40.0. The Bertz CT molecular complexity index is 545. The van der Waals surface area contributed by atoms with Crippen molar-refractivity contribution in [2.45, 2.75) is 19.8 Å². The molecule has 0 spiro atoms. The predicted octanol–water partition coefficient (Wildman–Crippen LogP) is 0.363. The summed E-state index contributed by atoms with van der Waals surface area (Å²) in [5, 5.41) is 2.80. The van der Waals surface area contributed by atoms with Crippen molar-refractivity contribution in [1.82, 2.24) is 15.2 Å². The van der Waals surface area contributed by atoms with Crippen LogP contribution in [0.15, 0.2) is 23.3 Å². The Morgan fingerprint density at radius 1 is 1.40 bits per heavy atom. The number of hydrogen-bond acceptors (Lipinski definition) is 3. The van der Waals surface area contributed by atoms with Gasteiger partial charge in [-0.2, -0.15) is 0 Å². The van der Waals surface area contributed by atoms with Crippen LogP contribution in [0.2, 0.25) is 0 Å². The van der Waals surface area contributed by atoms with Gasteiger partial charge in [0.1, 0.15) is 5.56 Å². The molecule has 1 fully saturated rings. The van der Waals surface area contributed by atoms with Gasteiger partial charge >= 0.3 is 0 Å². The van der Waals surface area contributed by atoms with Gasteiger partial charge in [0.25, 0.3) is 5.91 Å². The van der Waals surface area contributed by atoms with Gasteiger partial charge in [-0.1, -0.05) is 0 Å². The first-order valence-corrected chi connectivity index (χ1v) is 6.87. The van der Waals surface area contributed by atoms with E-state index in [1.54, 1.807) is 4.90 Å². The molecule has 1 aromatic rings. The Kier molecular flexibility index (Phi) is 4.55. The van der Waals surface area contributed by atoms with Crippen molar-refractivity contribution in [1.29, 1.82) is 0 Å². The molecule has 2 rings (SSSR count). The summed E-state index contributed by atoms with van der Waals surface area (Å²) < 4.78 is 0. The predicted molar refractivity (Wildman–Crippen MR) is 74.4 cm³/mol. The SMILES string of the molecule is CCNC(=O)C1CCN(C(=O)c2c[nH]ccc2=O)CC1. The number of hydrogen-bond donors (Lipinski definition) is 2. The fourth-order valence-corrected chi connectivity index (χ4v) is 2.42. The summed E-state index contributed by atoms with van der Waals surface area (Å²) in [5.41, 5.74) is -0.122. The van der Waals surface area contributed by atoms with Gasteiger partial charge in [0.05, 0.1) is 0 Å². The number of carbonyl (C=O) groups is 2. The molecule has 0 radical (unpaired) electrons. The Morgan fingerprint density at radius 2 is 2.10 bits per heavy atom. The van der Waals surface area contributed by atoms with E-state index in [0.717, 1.165) is 0 Å². The zero-order valence-corrected chi connectivity index (χ0v) is 11.5. The Balaban J connectivity index is 1.97. The molecule has 1 aliphatic heterocycles. The third kappa shape index (κ3) is 3.07. The lowest BCUT2D eigenvalue weighted by molar-refractivity contribution is -0.126. The zero-order chi connectivity index (χ0) is 14.5. The van der Waals surface area contributed by atoms with E-state index in [9.17, 15) is 14.4 Å². The smallest absolute Gasteiger partial charge is 0.259 e. The summed E-state index contributed by atoms with van der Waals surface area (Å²) >= 11 is 0. The third-order valence-corrected chi connectivity index (χ3v) is 3.56. The molecule has 108 valence electrons. The summed E-state index contributed by atoms with van der Waals surface area (Å²) in [5.74, 6) is -0.244. The van der Waals surface area contributed by atoms with Gasteiger partial charge in [0.2, 0.25) is 5.91 Å². The van der Waals surface area contributed by atoms with Gasteiger partial charge in [-0.25, -0.2) is 0 Å². The number of aromatic nitrogens is 1. The maximum Gasteiger partial charge on any atom is 0.259 e. The van der Waals surface area contributed by atoms with Crippen molar-refractivity contribution >= 4 is 11.8 Å². The maximum absolute atomic E-state index is 12.2. The Morgan fingerprint density at radius 3 is 2.70 bits per heavy atom.